The highest BCUT2D eigenvalue weighted by molar-refractivity contribution is 7.90. The molecule has 6 heteroatoms. The first-order valence-corrected chi connectivity index (χ1v) is 8.42. The number of carbonyl (C=O) groups is 1. The highest BCUT2D eigenvalue weighted by Gasteiger charge is 2.28. The predicted octanol–water partition coefficient (Wildman–Crippen LogP) is 1.18. The molecule has 1 rings (SSSR count). The lowest BCUT2D eigenvalue weighted by Crippen LogP contribution is -2.43. The molecule has 0 radical (unpaired) electrons. The Kier molecular flexibility index (Phi) is 5.30. The third-order valence-corrected chi connectivity index (χ3v) is 4.34. The summed E-state index contributed by atoms with van der Waals surface area (Å²) in [5.74, 6) is -0.400. The van der Waals surface area contributed by atoms with Crippen LogP contribution in [0.2, 0.25) is 0 Å². The van der Waals surface area contributed by atoms with Crippen molar-refractivity contribution in [3.8, 4) is 0 Å². The van der Waals surface area contributed by atoms with E-state index in [2.05, 4.69) is 5.32 Å². The van der Waals surface area contributed by atoms with E-state index >= 15 is 0 Å². The van der Waals surface area contributed by atoms with Gasteiger partial charge in [0.2, 0.25) is 5.91 Å². The van der Waals surface area contributed by atoms with Gasteiger partial charge in [0.15, 0.2) is 9.84 Å². The molecule has 0 aliphatic rings. The summed E-state index contributed by atoms with van der Waals surface area (Å²) in [5.41, 5.74) is 5.57. The summed E-state index contributed by atoms with van der Waals surface area (Å²) in [4.78, 5) is 11.5. The molecule has 1 unspecified atom stereocenters. The maximum Gasteiger partial charge on any atom is 0.219 e. The number of hydrogen-bond donors (Lipinski definition) is 2. The zero-order valence-corrected chi connectivity index (χ0v) is 13.0. The standard InChI is InChI=1S/C14H22N2O3S/c1-4-9-16-14(2,10-13(15)17)11-5-7-12(8-6-11)20(3,18)19/h5-8,16H,4,9-10H2,1-3H3,(H2,15,17). The van der Waals surface area contributed by atoms with E-state index in [-0.39, 0.29) is 11.3 Å². The SMILES string of the molecule is CCCNC(C)(CC(N)=O)c1ccc(S(C)(=O)=O)cc1. The number of amides is 1. The van der Waals surface area contributed by atoms with Crippen LogP contribution in [0.1, 0.15) is 32.3 Å². The fraction of sp³-hybridized carbons (Fsp3) is 0.500. The summed E-state index contributed by atoms with van der Waals surface area (Å²) in [5, 5.41) is 3.30. The van der Waals surface area contributed by atoms with Gasteiger partial charge < -0.3 is 11.1 Å². The summed E-state index contributed by atoms with van der Waals surface area (Å²) in [7, 11) is -3.22. The van der Waals surface area contributed by atoms with E-state index in [0.717, 1.165) is 18.5 Å². The van der Waals surface area contributed by atoms with Gasteiger partial charge >= 0.3 is 0 Å². The zero-order chi connectivity index (χ0) is 15.4. The maximum atomic E-state index is 11.5. The van der Waals surface area contributed by atoms with Gasteiger partial charge in [-0.1, -0.05) is 19.1 Å². The van der Waals surface area contributed by atoms with Crippen LogP contribution < -0.4 is 11.1 Å². The van der Waals surface area contributed by atoms with Crippen LogP contribution in [0.15, 0.2) is 29.2 Å². The molecule has 0 heterocycles. The number of nitrogens with two attached hydrogens (primary N) is 1. The monoisotopic (exact) mass is 298 g/mol. The average molecular weight is 298 g/mol. The number of rotatable bonds is 7. The molecule has 0 saturated carbocycles. The second kappa shape index (κ2) is 6.37. The molecule has 1 aromatic carbocycles. The maximum absolute atomic E-state index is 11.5. The Morgan fingerprint density at radius 1 is 1.30 bits per heavy atom. The van der Waals surface area contributed by atoms with Crippen molar-refractivity contribution in [2.75, 3.05) is 12.8 Å². The number of hydrogen-bond acceptors (Lipinski definition) is 4. The molecule has 0 bridgehead atoms. The van der Waals surface area contributed by atoms with Crippen LogP contribution in [0.25, 0.3) is 0 Å². The first kappa shape index (κ1) is 16.7. The van der Waals surface area contributed by atoms with Crippen LogP contribution >= 0.6 is 0 Å². The topological polar surface area (TPSA) is 89.3 Å². The number of primary amides is 1. The molecule has 20 heavy (non-hydrogen) atoms. The van der Waals surface area contributed by atoms with Gasteiger partial charge in [0.05, 0.1) is 4.90 Å². The average Bonchev–Trinajstić information content (AvgIpc) is 2.35. The molecule has 0 aliphatic carbocycles. The fourth-order valence-electron chi connectivity index (χ4n) is 2.09. The number of benzene rings is 1. The lowest BCUT2D eigenvalue weighted by molar-refractivity contribution is -0.119. The van der Waals surface area contributed by atoms with Gasteiger partial charge in [-0.15, -0.1) is 0 Å². The van der Waals surface area contributed by atoms with Gasteiger partial charge in [-0.3, -0.25) is 4.79 Å². The third kappa shape index (κ3) is 4.31. The Hall–Kier alpha value is -1.40. The van der Waals surface area contributed by atoms with Gasteiger partial charge in [0.25, 0.3) is 0 Å². The minimum Gasteiger partial charge on any atom is -0.370 e. The molecule has 5 nitrogen and oxygen atoms in total. The van der Waals surface area contributed by atoms with E-state index in [0.29, 0.717) is 0 Å². The van der Waals surface area contributed by atoms with Crippen molar-refractivity contribution in [2.45, 2.75) is 37.1 Å². The second-order valence-corrected chi connectivity index (χ2v) is 7.21. The minimum atomic E-state index is -3.22. The van der Waals surface area contributed by atoms with Gasteiger partial charge in [0, 0.05) is 18.2 Å². The Morgan fingerprint density at radius 3 is 2.25 bits per heavy atom. The molecule has 1 aromatic rings. The molecular formula is C14H22N2O3S. The first-order valence-electron chi connectivity index (χ1n) is 6.53. The zero-order valence-electron chi connectivity index (χ0n) is 12.1. The van der Waals surface area contributed by atoms with Gasteiger partial charge in [-0.25, -0.2) is 8.42 Å². The number of nitrogens with one attached hydrogen (secondary N) is 1. The Balaban J connectivity index is 3.11. The normalized spacial score (nSPS) is 14.8. The molecule has 0 fully saturated rings. The van der Waals surface area contributed by atoms with Crippen molar-refractivity contribution in [2.24, 2.45) is 5.73 Å². The molecule has 1 atom stereocenters. The third-order valence-electron chi connectivity index (χ3n) is 3.21. The Bertz CT molecular complexity index is 567. The summed E-state index contributed by atoms with van der Waals surface area (Å²) in [6.07, 6.45) is 2.25. The summed E-state index contributed by atoms with van der Waals surface area (Å²) in [6.45, 7) is 4.67. The van der Waals surface area contributed by atoms with Gasteiger partial charge in [-0.2, -0.15) is 0 Å². The molecule has 0 aromatic heterocycles. The van der Waals surface area contributed by atoms with E-state index in [9.17, 15) is 13.2 Å². The van der Waals surface area contributed by atoms with Crippen molar-refractivity contribution in [3.05, 3.63) is 29.8 Å². The molecule has 1 amide bonds. The van der Waals surface area contributed by atoms with Crippen molar-refractivity contribution in [3.63, 3.8) is 0 Å². The van der Waals surface area contributed by atoms with E-state index in [4.69, 9.17) is 5.73 Å². The van der Waals surface area contributed by atoms with E-state index < -0.39 is 21.3 Å². The quantitative estimate of drug-likeness (QED) is 0.791. The molecule has 3 N–H and O–H groups in total. The summed E-state index contributed by atoms with van der Waals surface area (Å²) < 4.78 is 22.9. The van der Waals surface area contributed by atoms with Crippen LogP contribution in [-0.4, -0.2) is 27.1 Å². The highest BCUT2D eigenvalue weighted by Crippen LogP contribution is 2.25. The first-order chi connectivity index (χ1) is 9.19. The van der Waals surface area contributed by atoms with Crippen molar-refractivity contribution >= 4 is 15.7 Å². The Labute approximate surface area is 120 Å². The predicted molar refractivity (Wildman–Crippen MR) is 79.0 cm³/mol. The smallest absolute Gasteiger partial charge is 0.219 e. The fourth-order valence-corrected chi connectivity index (χ4v) is 2.72. The van der Waals surface area contributed by atoms with Crippen molar-refractivity contribution < 1.29 is 13.2 Å². The molecular weight excluding hydrogens is 276 g/mol. The molecule has 0 spiro atoms. The van der Waals surface area contributed by atoms with Gasteiger partial charge in [-0.05, 0) is 37.6 Å². The van der Waals surface area contributed by atoms with Crippen LogP contribution in [-0.2, 0) is 20.2 Å². The lowest BCUT2D eigenvalue weighted by Gasteiger charge is -2.30. The molecule has 0 saturated heterocycles. The second-order valence-electron chi connectivity index (χ2n) is 5.20. The summed E-state index contributed by atoms with van der Waals surface area (Å²) >= 11 is 0. The van der Waals surface area contributed by atoms with Crippen LogP contribution in [0.3, 0.4) is 0 Å². The van der Waals surface area contributed by atoms with Crippen LogP contribution in [0.4, 0.5) is 0 Å². The van der Waals surface area contributed by atoms with E-state index in [1.165, 1.54) is 6.26 Å². The highest BCUT2D eigenvalue weighted by atomic mass is 32.2. The van der Waals surface area contributed by atoms with Crippen LogP contribution in [0.5, 0.6) is 0 Å². The Morgan fingerprint density at radius 2 is 1.85 bits per heavy atom. The van der Waals surface area contributed by atoms with E-state index in [1.807, 2.05) is 13.8 Å². The molecule has 0 aliphatic heterocycles. The largest absolute Gasteiger partial charge is 0.370 e. The van der Waals surface area contributed by atoms with Gasteiger partial charge in [0.1, 0.15) is 0 Å². The number of carbonyl (C=O) groups excluding carboxylic acids is 1. The molecule has 112 valence electrons. The van der Waals surface area contributed by atoms with Crippen molar-refractivity contribution in [1.82, 2.24) is 5.32 Å². The van der Waals surface area contributed by atoms with E-state index in [1.54, 1.807) is 24.3 Å². The minimum absolute atomic E-state index is 0.158. The summed E-state index contributed by atoms with van der Waals surface area (Å²) in [6, 6.07) is 6.55. The van der Waals surface area contributed by atoms with Crippen molar-refractivity contribution in [1.29, 1.82) is 0 Å². The lowest BCUT2D eigenvalue weighted by atomic mass is 9.88. The number of sulfone groups is 1. The van der Waals surface area contributed by atoms with Crippen LogP contribution in [0, 0.1) is 0 Å².